The van der Waals surface area contributed by atoms with Gasteiger partial charge in [0, 0.05) is 13.1 Å². The summed E-state index contributed by atoms with van der Waals surface area (Å²) in [6, 6.07) is 7.03. The highest BCUT2D eigenvalue weighted by atomic mass is 32.2. The first-order valence-electron chi connectivity index (χ1n) is 6.94. The van der Waals surface area contributed by atoms with E-state index in [1.165, 1.54) is 19.3 Å². The summed E-state index contributed by atoms with van der Waals surface area (Å²) >= 11 is 0. The first-order chi connectivity index (χ1) is 9.11. The second-order valence-corrected chi connectivity index (χ2v) is 6.22. The van der Waals surface area contributed by atoms with Gasteiger partial charge in [0.05, 0.1) is 5.69 Å². The van der Waals surface area contributed by atoms with Crippen molar-refractivity contribution in [1.82, 2.24) is 4.72 Å². The third-order valence-corrected chi connectivity index (χ3v) is 4.46. The van der Waals surface area contributed by atoms with E-state index in [4.69, 9.17) is 0 Å². The highest BCUT2D eigenvalue weighted by Gasteiger charge is 2.16. The van der Waals surface area contributed by atoms with Crippen molar-refractivity contribution in [2.75, 3.05) is 18.4 Å². The van der Waals surface area contributed by atoms with Crippen LogP contribution in [0.15, 0.2) is 29.2 Å². The fourth-order valence-electron chi connectivity index (χ4n) is 1.89. The molecule has 0 aromatic heterocycles. The molecule has 0 aliphatic rings. The normalized spacial score (nSPS) is 11.5. The molecule has 5 heteroatoms. The molecule has 0 atom stereocenters. The van der Waals surface area contributed by atoms with Gasteiger partial charge in [-0.05, 0) is 18.6 Å². The van der Waals surface area contributed by atoms with Crippen LogP contribution in [0.5, 0.6) is 0 Å². The Labute approximate surface area is 116 Å². The smallest absolute Gasteiger partial charge is 0.242 e. The Bertz CT molecular complexity index is 472. The molecule has 0 unspecified atom stereocenters. The molecule has 0 aliphatic carbocycles. The van der Waals surface area contributed by atoms with Crippen molar-refractivity contribution in [3.8, 4) is 0 Å². The number of para-hydroxylation sites is 1. The lowest BCUT2D eigenvalue weighted by atomic mass is 10.2. The number of unbranched alkanes of at least 4 members (excludes halogenated alkanes) is 3. The molecular formula is C14H24N2O2S. The number of benzene rings is 1. The van der Waals surface area contributed by atoms with Gasteiger partial charge in [0.15, 0.2) is 0 Å². The molecule has 1 rings (SSSR count). The zero-order chi connectivity index (χ0) is 14.1. The van der Waals surface area contributed by atoms with Gasteiger partial charge < -0.3 is 5.32 Å². The fourth-order valence-corrected chi connectivity index (χ4v) is 3.11. The molecule has 1 aromatic rings. The Balaban J connectivity index is 2.68. The highest BCUT2D eigenvalue weighted by molar-refractivity contribution is 7.89. The van der Waals surface area contributed by atoms with E-state index in [2.05, 4.69) is 17.0 Å². The minimum absolute atomic E-state index is 0.326. The maximum atomic E-state index is 12.0. The van der Waals surface area contributed by atoms with E-state index < -0.39 is 10.0 Å². The lowest BCUT2D eigenvalue weighted by Gasteiger charge is -2.12. The van der Waals surface area contributed by atoms with Crippen LogP contribution in [0.3, 0.4) is 0 Å². The summed E-state index contributed by atoms with van der Waals surface area (Å²) < 4.78 is 26.6. The van der Waals surface area contributed by atoms with E-state index in [-0.39, 0.29) is 0 Å². The van der Waals surface area contributed by atoms with Crippen molar-refractivity contribution >= 4 is 15.7 Å². The zero-order valence-electron chi connectivity index (χ0n) is 11.8. The van der Waals surface area contributed by atoms with Crippen molar-refractivity contribution in [2.45, 2.75) is 44.4 Å². The van der Waals surface area contributed by atoms with Gasteiger partial charge in [0.25, 0.3) is 0 Å². The van der Waals surface area contributed by atoms with E-state index >= 15 is 0 Å². The summed E-state index contributed by atoms with van der Waals surface area (Å²) in [5.41, 5.74) is 0.681. The molecule has 0 fully saturated rings. The molecule has 0 saturated heterocycles. The second kappa shape index (κ2) is 8.17. The summed E-state index contributed by atoms with van der Waals surface area (Å²) in [4.78, 5) is 0.326. The van der Waals surface area contributed by atoms with Gasteiger partial charge in [-0.15, -0.1) is 0 Å². The van der Waals surface area contributed by atoms with Crippen LogP contribution in [0.1, 0.15) is 39.5 Å². The Hall–Kier alpha value is -1.07. The number of hydrogen-bond donors (Lipinski definition) is 2. The van der Waals surface area contributed by atoms with Crippen molar-refractivity contribution in [2.24, 2.45) is 0 Å². The van der Waals surface area contributed by atoms with Crippen LogP contribution in [0.25, 0.3) is 0 Å². The molecule has 0 spiro atoms. The van der Waals surface area contributed by atoms with E-state index in [1.807, 2.05) is 12.1 Å². The van der Waals surface area contributed by atoms with E-state index in [9.17, 15) is 8.42 Å². The third kappa shape index (κ3) is 5.20. The summed E-state index contributed by atoms with van der Waals surface area (Å²) in [6.07, 6.45) is 4.65. The SMILES string of the molecule is CCCCCCNc1ccccc1S(=O)(=O)NCC. The average Bonchev–Trinajstić information content (AvgIpc) is 2.39. The van der Waals surface area contributed by atoms with Gasteiger partial charge in [0.1, 0.15) is 4.90 Å². The average molecular weight is 284 g/mol. The Morgan fingerprint density at radius 1 is 1.05 bits per heavy atom. The number of rotatable bonds is 9. The topological polar surface area (TPSA) is 58.2 Å². The fraction of sp³-hybridized carbons (Fsp3) is 0.571. The number of anilines is 1. The summed E-state index contributed by atoms with van der Waals surface area (Å²) in [6.45, 7) is 5.15. The molecule has 4 nitrogen and oxygen atoms in total. The van der Waals surface area contributed by atoms with Crippen LogP contribution in [0.4, 0.5) is 5.69 Å². The number of sulfonamides is 1. The molecule has 0 amide bonds. The Kier molecular flexibility index (Phi) is 6.87. The standard InChI is InChI=1S/C14H24N2O2S/c1-3-5-6-9-12-15-13-10-7-8-11-14(13)19(17,18)16-4-2/h7-8,10-11,15-16H,3-6,9,12H2,1-2H3. The lowest BCUT2D eigenvalue weighted by molar-refractivity contribution is 0.584. The van der Waals surface area contributed by atoms with Gasteiger partial charge in [0.2, 0.25) is 10.0 Å². The van der Waals surface area contributed by atoms with E-state index in [1.54, 1.807) is 19.1 Å². The molecular weight excluding hydrogens is 260 g/mol. The molecule has 2 N–H and O–H groups in total. The molecule has 0 bridgehead atoms. The number of nitrogens with one attached hydrogen (secondary N) is 2. The number of hydrogen-bond acceptors (Lipinski definition) is 3. The lowest BCUT2D eigenvalue weighted by Crippen LogP contribution is -2.24. The first-order valence-corrected chi connectivity index (χ1v) is 8.42. The van der Waals surface area contributed by atoms with Crippen LogP contribution in [0.2, 0.25) is 0 Å². The zero-order valence-corrected chi connectivity index (χ0v) is 12.6. The predicted octanol–water partition coefficient (Wildman–Crippen LogP) is 2.98. The minimum Gasteiger partial charge on any atom is -0.384 e. The summed E-state index contributed by atoms with van der Waals surface area (Å²) in [5.74, 6) is 0. The summed E-state index contributed by atoms with van der Waals surface area (Å²) in [7, 11) is -3.40. The van der Waals surface area contributed by atoms with Crippen molar-refractivity contribution in [3.05, 3.63) is 24.3 Å². The molecule has 0 saturated carbocycles. The van der Waals surface area contributed by atoms with E-state index in [0.29, 0.717) is 17.1 Å². The van der Waals surface area contributed by atoms with Crippen LogP contribution in [-0.4, -0.2) is 21.5 Å². The second-order valence-electron chi connectivity index (χ2n) is 4.48. The van der Waals surface area contributed by atoms with Gasteiger partial charge in [-0.1, -0.05) is 45.2 Å². The molecule has 19 heavy (non-hydrogen) atoms. The molecule has 0 heterocycles. The van der Waals surface area contributed by atoms with E-state index in [0.717, 1.165) is 13.0 Å². The third-order valence-electron chi connectivity index (χ3n) is 2.86. The maximum absolute atomic E-state index is 12.0. The van der Waals surface area contributed by atoms with Crippen LogP contribution < -0.4 is 10.0 Å². The van der Waals surface area contributed by atoms with Crippen molar-refractivity contribution < 1.29 is 8.42 Å². The predicted molar refractivity (Wildman–Crippen MR) is 79.9 cm³/mol. The van der Waals surface area contributed by atoms with Gasteiger partial charge in [-0.25, -0.2) is 13.1 Å². The van der Waals surface area contributed by atoms with Crippen LogP contribution >= 0.6 is 0 Å². The maximum Gasteiger partial charge on any atom is 0.242 e. The van der Waals surface area contributed by atoms with Gasteiger partial charge in [-0.3, -0.25) is 0 Å². The quantitative estimate of drug-likeness (QED) is 0.685. The van der Waals surface area contributed by atoms with Gasteiger partial charge in [-0.2, -0.15) is 0 Å². The Morgan fingerprint density at radius 3 is 2.47 bits per heavy atom. The van der Waals surface area contributed by atoms with Crippen LogP contribution in [0, 0.1) is 0 Å². The van der Waals surface area contributed by atoms with Gasteiger partial charge >= 0.3 is 0 Å². The molecule has 1 aromatic carbocycles. The largest absolute Gasteiger partial charge is 0.384 e. The highest BCUT2D eigenvalue weighted by Crippen LogP contribution is 2.20. The first kappa shape index (κ1) is 16.0. The molecule has 0 radical (unpaired) electrons. The minimum atomic E-state index is -3.40. The summed E-state index contributed by atoms with van der Waals surface area (Å²) in [5, 5.41) is 3.22. The molecule has 0 aliphatic heterocycles. The Morgan fingerprint density at radius 2 is 1.79 bits per heavy atom. The van der Waals surface area contributed by atoms with Crippen molar-refractivity contribution in [1.29, 1.82) is 0 Å². The monoisotopic (exact) mass is 284 g/mol. The van der Waals surface area contributed by atoms with Crippen molar-refractivity contribution in [3.63, 3.8) is 0 Å². The van der Waals surface area contributed by atoms with Crippen LogP contribution in [-0.2, 0) is 10.0 Å². The molecule has 108 valence electrons.